The van der Waals surface area contributed by atoms with Gasteiger partial charge in [0.25, 0.3) is 15.9 Å². The number of rotatable bonds is 7. The summed E-state index contributed by atoms with van der Waals surface area (Å²) >= 11 is 1.20. The smallest absolute Gasteiger partial charge is 0.261 e. The fourth-order valence-corrected chi connectivity index (χ4v) is 5.81. The van der Waals surface area contributed by atoms with Crippen LogP contribution in [0.1, 0.15) is 30.2 Å². The van der Waals surface area contributed by atoms with Crippen LogP contribution < -0.4 is 10.1 Å². The van der Waals surface area contributed by atoms with Crippen molar-refractivity contribution in [3.05, 3.63) is 46.8 Å². The SMILES string of the molecule is Cc1ccc(OC(C)C(=O)NCc2ccc(S(=O)(=O)N3CCCC3)s2)cc1. The molecule has 146 valence electrons. The maximum absolute atomic E-state index is 12.6. The average Bonchev–Trinajstić information content (AvgIpc) is 3.34. The van der Waals surface area contributed by atoms with E-state index in [-0.39, 0.29) is 12.5 Å². The summed E-state index contributed by atoms with van der Waals surface area (Å²) in [6.07, 6.45) is 1.18. The van der Waals surface area contributed by atoms with E-state index < -0.39 is 16.1 Å². The lowest BCUT2D eigenvalue weighted by atomic mass is 10.2. The van der Waals surface area contributed by atoms with Crippen molar-refractivity contribution in [2.75, 3.05) is 13.1 Å². The maximum atomic E-state index is 12.6. The van der Waals surface area contributed by atoms with Crippen LogP contribution in [0.15, 0.2) is 40.6 Å². The largest absolute Gasteiger partial charge is 0.481 e. The van der Waals surface area contributed by atoms with Crippen molar-refractivity contribution < 1.29 is 17.9 Å². The molecule has 1 aromatic carbocycles. The Kier molecular flexibility index (Phi) is 6.18. The lowest BCUT2D eigenvalue weighted by Gasteiger charge is -2.14. The number of ether oxygens (including phenoxy) is 1. The Morgan fingerprint density at radius 2 is 1.85 bits per heavy atom. The van der Waals surface area contributed by atoms with Crippen molar-refractivity contribution >= 4 is 27.3 Å². The molecule has 8 heteroatoms. The zero-order valence-electron chi connectivity index (χ0n) is 15.5. The van der Waals surface area contributed by atoms with Gasteiger partial charge in [-0.15, -0.1) is 11.3 Å². The molecule has 1 aromatic heterocycles. The summed E-state index contributed by atoms with van der Waals surface area (Å²) in [6, 6.07) is 10.9. The van der Waals surface area contributed by atoms with Crippen LogP contribution in [0.3, 0.4) is 0 Å². The van der Waals surface area contributed by atoms with E-state index >= 15 is 0 Å². The zero-order chi connectivity index (χ0) is 19.4. The van der Waals surface area contributed by atoms with Crippen LogP contribution in [-0.2, 0) is 21.4 Å². The van der Waals surface area contributed by atoms with Crippen LogP contribution in [0.2, 0.25) is 0 Å². The molecular formula is C19H24N2O4S2. The first-order valence-electron chi connectivity index (χ1n) is 8.96. The standard InChI is InChI=1S/C19H24N2O4S2/c1-14-5-7-16(8-6-14)25-15(2)19(22)20-13-17-9-10-18(26-17)27(23,24)21-11-3-4-12-21/h5-10,15H,3-4,11-13H2,1-2H3,(H,20,22). The first kappa shape index (κ1) is 19.9. The Morgan fingerprint density at radius 1 is 1.19 bits per heavy atom. The fourth-order valence-electron chi connectivity index (χ4n) is 2.84. The molecule has 2 aromatic rings. The van der Waals surface area contributed by atoms with Gasteiger partial charge in [-0.25, -0.2) is 8.42 Å². The van der Waals surface area contributed by atoms with Crippen molar-refractivity contribution in [3.63, 3.8) is 0 Å². The van der Waals surface area contributed by atoms with E-state index in [1.54, 1.807) is 19.1 Å². The summed E-state index contributed by atoms with van der Waals surface area (Å²) in [5.74, 6) is 0.395. The van der Waals surface area contributed by atoms with E-state index in [9.17, 15) is 13.2 Å². The third-order valence-corrected chi connectivity index (χ3v) is 7.89. The number of hydrogen-bond acceptors (Lipinski definition) is 5. The van der Waals surface area contributed by atoms with Crippen LogP contribution in [0.5, 0.6) is 5.75 Å². The number of sulfonamides is 1. The van der Waals surface area contributed by atoms with Crippen molar-refractivity contribution in [2.24, 2.45) is 0 Å². The maximum Gasteiger partial charge on any atom is 0.261 e. The number of nitrogens with one attached hydrogen (secondary N) is 1. The Hall–Kier alpha value is -1.90. The Labute approximate surface area is 164 Å². The van der Waals surface area contributed by atoms with Gasteiger partial charge in [0, 0.05) is 18.0 Å². The second-order valence-electron chi connectivity index (χ2n) is 6.62. The van der Waals surface area contributed by atoms with Crippen LogP contribution in [-0.4, -0.2) is 37.8 Å². The highest BCUT2D eigenvalue weighted by molar-refractivity contribution is 7.91. The number of benzene rings is 1. The molecule has 0 saturated carbocycles. The Bertz CT molecular complexity index is 885. The minimum Gasteiger partial charge on any atom is -0.481 e. The minimum absolute atomic E-state index is 0.243. The predicted molar refractivity (Wildman–Crippen MR) is 105 cm³/mol. The monoisotopic (exact) mass is 408 g/mol. The molecule has 0 aliphatic carbocycles. The van der Waals surface area contributed by atoms with Crippen molar-refractivity contribution in [1.29, 1.82) is 0 Å². The fraction of sp³-hybridized carbons (Fsp3) is 0.421. The summed E-state index contributed by atoms with van der Waals surface area (Å²) < 4.78 is 32.6. The van der Waals surface area contributed by atoms with Crippen LogP contribution in [0.25, 0.3) is 0 Å². The predicted octanol–water partition coefficient (Wildman–Crippen LogP) is 2.92. The second-order valence-corrected chi connectivity index (χ2v) is 9.96. The number of carbonyl (C=O) groups is 1. The molecule has 1 aliphatic heterocycles. The molecular weight excluding hydrogens is 384 g/mol. The normalized spacial score (nSPS) is 16.2. The van der Waals surface area contributed by atoms with E-state index in [0.29, 0.717) is 23.0 Å². The molecule has 1 fully saturated rings. The quantitative estimate of drug-likeness (QED) is 0.764. The molecule has 3 rings (SSSR count). The van der Waals surface area contributed by atoms with Crippen molar-refractivity contribution in [2.45, 2.75) is 43.5 Å². The summed E-state index contributed by atoms with van der Waals surface area (Å²) in [6.45, 7) is 5.12. The minimum atomic E-state index is -3.40. The number of carbonyl (C=O) groups excluding carboxylic acids is 1. The van der Waals surface area contributed by atoms with E-state index in [1.165, 1.54) is 15.6 Å². The third-order valence-electron chi connectivity index (χ3n) is 4.44. The van der Waals surface area contributed by atoms with Crippen molar-refractivity contribution in [3.8, 4) is 5.75 Å². The highest BCUT2D eigenvalue weighted by Crippen LogP contribution is 2.27. The first-order valence-corrected chi connectivity index (χ1v) is 11.2. The highest BCUT2D eigenvalue weighted by atomic mass is 32.2. The van der Waals surface area contributed by atoms with Gasteiger partial charge in [0.15, 0.2) is 6.10 Å². The second kappa shape index (κ2) is 8.41. The van der Waals surface area contributed by atoms with Gasteiger partial charge in [-0.3, -0.25) is 4.79 Å². The molecule has 0 spiro atoms. The number of thiophene rings is 1. The van der Waals surface area contributed by atoms with Gasteiger partial charge >= 0.3 is 0 Å². The Morgan fingerprint density at radius 3 is 2.52 bits per heavy atom. The summed E-state index contributed by atoms with van der Waals surface area (Å²) in [5.41, 5.74) is 1.12. The third kappa shape index (κ3) is 4.88. The molecule has 1 atom stereocenters. The van der Waals surface area contributed by atoms with Gasteiger partial charge in [-0.1, -0.05) is 17.7 Å². The van der Waals surface area contributed by atoms with Crippen LogP contribution in [0, 0.1) is 6.92 Å². The summed E-state index contributed by atoms with van der Waals surface area (Å²) in [5, 5.41) is 2.80. The molecule has 1 saturated heterocycles. The van der Waals surface area contributed by atoms with E-state index in [0.717, 1.165) is 23.3 Å². The lowest BCUT2D eigenvalue weighted by molar-refractivity contribution is -0.127. The summed E-state index contributed by atoms with van der Waals surface area (Å²) in [4.78, 5) is 13.0. The average molecular weight is 409 g/mol. The number of aryl methyl sites for hydroxylation is 1. The molecule has 0 bridgehead atoms. The molecule has 1 N–H and O–H groups in total. The molecule has 27 heavy (non-hydrogen) atoms. The molecule has 0 radical (unpaired) electrons. The van der Waals surface area contributed by atoms with Gasteiger partial charge in [-0.05, 0) is 51.0 Å². The number of nitrogens with zero attached hydrogens (tertiary/aromatic N) is 1. The molecule has 6 nitrogen and oxygen atoms in total. The topological polar surface area (TPSA) is 75.7 Å². The number of amides is 1. The van der Waals surface area contributed by atoms with Crippen molar-refractivity contribution in [1.82, 2.24) is 9.62 Å². The molecule has 1 unspecified atom stereocenters. The van der Waals surface area contributed by atoms with Gasteiger partial charge < -0.3 is 10.1 Å². The van der Waals surface area contributed by atoms with E-state index in [4.69, 9.17) is 4.74 Å². The highest BCUT2D eigenvalue weighted by Gasteiger charge is 2.28. The Balaban J connectivity index is 1.54. The van der Waals surface area contributed by atoms with E-state index in [1.807, 2.05) is 31.2 Å². The molecule has 1 amide bonds. The van der Waals surface area contributed by atoms with Gasteiger partial charge in [0.2, 0.25) is 0 Å². The molecule has 2 heterocycles. The number of hydrogen-bond donors (Lipinski definition) is 1. The van der Waals surface area contributed by atoms with Gasteiger partial charge in [-0.2, -0.15) is 4.31 Å². The van der Waals surface area contributed by atoms with Gasteiger partial charge in [0.1, 0.15) is 9.96 Å². The molecule has 1 aliphatic rings. The lowest BCUT2D eigenvalue weighted by Crippen LogP contribution is -2.35. The van der Waals surface area contributed by atoms with E-state index in [2.05, 4.69) is 5.32 Å². The van der Waals surface area contributed by atoms with Gasteiger partial charge in [0.05, 0.1) is 6.54 Å². The zero-order valence-corrected chi connectivity index (χ0v) is 17.1. The summed E-state index contributed by atoms with van der Waals surface area (Å²) in [7, 11) is -3.40. The van der Waals surface area contributed by atoms with Crippen LogP contribution >= 0.6 is 11.3 Å². The van der Waals surface area contributed by atoms with Crippen LogP contribution in [0.4, 0.5) is 0 Å². The first-order chi connectivity index (χ1) is 12.9.